The molecule has 1 N–H and O–H groups in total. The number of carboxylic acid groups (broad SMARTS) is 1. The van der Waals surface area contributed by atoms with E-state index in [-0.39, 0.29) is 5.92 Å². The minimum absolute atomic E-state index is 0.00250. The largest absolute Gasteiger partial charge is 0.480 e. The first kappa shape index (κ1) is 14.7. The standard InChI is InChI=1S/C15H23NO2/c1-5-16(6-2)15(12(3)4,14(17)18)13-10-8-7-9-11-13/h7-12H,5-6H2,1-4H3,(H,17,18). The molecule has 0 saturated heterocycles. The van der Waals surface area contributed by atoms with E-state index in [1.165, 1.54) is 0 Å². The number of hydrogen-bond acceptors (Lipinski definition) is 2. The van der Waals surface area contributed by atoms with Crippen LogP contribution in [0.15, 0.2) is 30.3 Å². The summed E-state index contributed by atoms with van der Waals surface area (Å²) >= 11 is 0. The van der Waals surface area contributed by atoms with Gasteiger partial charge < -0.3 is 5.11 Å². The maximum atomic E-state index is 12.0. The summed E-state index contributed by atoms with van der Waals surface area (Å²) in [5.74, 6) is -0.773. The zero-order chi connectivity index (χ0) is 13.8. The summed E-state index contributed by atoms with van der Waals surface area (Å²) in [5, 5.41) is 9.84. The zero-order valence-corrected chi connectivity index (χ0v) is 11.7. The highest BCUT2D eigenvalue weighted by Gasteiger charge is 2.47. The number of aliphatic carboxylic acids is 1. The van der Waals surface area contributed by atoms with E-state index >= 15 is 0 Å². The third kappa shape index (κ3) is 2.27. The van der Waals surface area contributed by atoms with Gasteiger partial charge in [0.05, 0.1) is 0 Å². The van der Waals surface area contributed by atoms with E-state index in [0.29, 0.717) is 0 Å². The molecule has 3 nitrogen and oxygen atoms in total. The van der Waals surface area contributed by atoms with Gasteiger partial charge in [0.2, 0.25) is 0 Å². The SMILES string of the molecule is CCN(CC)C(C(=O)O)(c1ccccc1)C(C)C. The second kappa shape index (κ2) is 6.01. The van der Waals surface area contributed by atoms with Crippen molar-refractivity contribution in [1.29, 1.82) is 0 Å². The Labute approximate surface area is 109 Å². The first-order chi connectivity index (χ1) is 8.51. The van der Waals surface area contributed by atoms with Crippen LogP contribution in [0.3, 0.4) is 0 Å². The van der Waals surface area contributed by atoms with Gasteiger partial charge in [-0.2, -0.15) is 0 Å². The van der Waals surface area contributed by atoms with Crippen molar-refractivity contribution in [2.24, 2.45) is 5.92 Å². The van der Waals surface area contributed by atoms with Crippen molar-refractivity contribution in [1.82, 2.24) is 4.90 Å². The average Bonchev–Trinajstić information content (AvgIpc) is 2.35. The van der Waals surface area contributed by atoms with Crippen LogP contribution < -0.4 is 0 Å². The van der Waals surface area contributed by atoms with Gasteiger partial charge in [0.1, 0.15) is 5.54 Å². The second-order valence-corrected chi connectivity index (χ2v) is 4.76. The lowest BCUT2D eigenvalue weighted by atomic mass is 9.78. The van der Waals surface area contributed by atoms with E-state index < -0.39 is 11.5 Å². The molecule has 0 aliphatic carbocycles. The molecule has 1 atom stereocenters. The molecule has 0 aliphatic heterocycles. The summed E-state index contributed by atoms with van der Waals surface area (Å²) in [5.41, 5.74) is -0.0821. The smallest absolute Gasteiger partial charge is 0.329 e. The highest BCUT2D eigenvalue weighted by molar-refractivity contribution is 5.81. The van der Waals surface area contributed by atoms with Crippen LogP contribution in [-0.4, -0.2) is 29.1 Å². The first-order valence-electron chi connectivity index (χ1n) is 6.55. The number of benzene rings is 1. The second-order valence-electron chi connectivity index (χ2n) is 4.76. The highest BCUT2D eigenvalue weighted by Crippen LogP contribution is 2.36. The Morgan fingerprint density at radius 2 is 1.72 bits per heavy atom. The summed E-state index contributed by atoms with van der Waals surface area (Å²) in [4.78, 5) is 14.0. The fourth-order valence-corrected chi connectivity index (χ4v) is 2.80. The molecule has 1 rings (SSSR count). The maximum Gasteiger partial charge on any atom is 0.329 e. The molecule has 0 amide bonds. The van der Waals surface area contributed by atoms with Crippen LogP contribution in [-0.2, 0) is 10.3 Å². The first-order valence-corrected chi connectivity index (χ1v) is 6.55. The van der Waals surface area contributed by atoms with E-state index in [4.69, 9.17) is 0 Å². The molecule has 3 heteroatoms. The van der Waals surface area contributed by atoms with Crippen molar-refractivity contribution in [3.63, 3.8) is 0 Å². The van der Waals surface area contributed by atoms with Gasteiger partial charge >= 0.3 is 5.97 Å². The summed E-state index contributed by atoms with van der Waals surface area (Å²) in [6.07, 6.45) is 0. The van der Waals surface area contributed by atoms with Gasteiger partial charge in [-0.1, -0.05) is 58.0 Å². The molecule has 0 heterocycles. The summed E-state index contributed by atoms with van der Waals surface area (Å²) in [6, 6.07) is 9.54. The lowest BCUT2D eigenvalue weighted by molar-refractivity contribution is -0.156. The Hall–Kier alpha value is -1.35. The predicted octanol–water partition coefficient (Wildman–Crippen LogP) is 2.96. The van der Waals surface area contributed by atoms with E-state index in [0.717, 1.165) is 18.7 Å². The van der Waals surface area contributed by atoms with Crippen molar-refractivity contribution in [3.05, 3.63) is 35.9 Å². The molecule has 1 aromatic rings. The molecular weight excluding hydrogens is 226 g/mol. The van der Waals surface area contributed by atoms with Crippen LogP contribution in [0.25, 0.3) is 0 Å². The van der Waals surface area contributed by atoms with Crippen molar-refractivity contribution in [2.75, 3.05) is 13.1 Å². The van der Waals surface area contributed by atoms with Crippen LogP contribution in [0.2, 0.25) is 0 Å². The Morgan fingerprint density at radius 3 is 2.06 bits per heavy atom. The molecule has 1 unspecified atom stereocenters. The molecular formula is C15H23NO2. The quantitative estimate of drug-likeness (QED) is 0.842. The van der Waals surface area contributed by atoms with E-state index in [9.17, 15) is 9.90 Å². The Kier molecular flexibility index (Phi) is 4.91. The summed E-state index contributed by atoms with van der Waals surface area (Å²) in [7, 11) is 0. The molecule has 0 aliphatic rings. The number of likely N-dealkylation sites (N-methyl/N-ethyl adjacent to an activating group) is 1. The van der Waals surface area contributed by atoms with E-state index in [1.54, 1.807) is 0 Å². The van der Waals surface area contributed by atoms with Crippen LogP contribution in [0, 0.1) is 5.92 Å². The van der Waals surface area contributed by atoms with Gasteiger partial charge in [-0.3, -0.25) is 4.90 Å². The fourth-order valence-electron chi connectivity index (χ4n) is 2.80. The van der Waals surface area contributed by atoms with Gasteiger partial charge in [0, 0.05) is 0 Å². The van der Waals surface area contributed by atoms with Gasteiger partial charge in [-0.05, 0) is 24.6 Å². The van der Waals surface area contributed by atoms with E-state index in [1.807, 2.05) is 62.9 Å². The van der Waals surface area contributed by atoms with Gasteiger partial charge in [0.25, 0.3) is 0 Å². The number of hydrogen-bond donors (Lipinski definition) is 1. The normalized spacial score (nSPS) is 14.8. The minimum atomic E-state index is -0.940. The monoisotopic (exact) mass is 249 g/mol. The number of carbonyl (C=O) groups is 1. The molecule has 100 valence electrons. The molecule has 0 spiro atoms. The maximum absolute atomic E-state index is 12.0. The summed E-state index contributed by atoms with van der Waals surface area (Å²) in [6.45, 7) is 9.39. The van der Waals surface area contributed by atoms with Gasteiger partial charge in [-0.15, -0.1) is 0 Å². The van der Waals surface area contributed by atoms with Gasteiger partial charge in [-0.25, -0.2) is 4.79 Å². The molecule has 18 heavy (non-hydrogen) atoms. The van der Waals surface area contributed by atoms with Crippen LogP contribution in [0.1, 0.15) is 33.3 Å². The topological polar surface area (TPSA) is 40.5 Å². The third-order valence-electron chi connectivity index (χ3n) is 3.64. The van der Waals surface area contributed by atoms with Gasteiger partial charge in [0.15, 0.2) is 0 Å². The number of nitrogens with zero attached hydrogens (tertiary/aromatic N) is 1. The molecule has 1 aromatic carbocycles. The van der Waals surface area contributed by atoms with Crippen LogP contribution in [0.4, 0.5) is 0 Å². The van der Waals surface area contributed by atoms with Crippen LogP contribution >= 0.6 is 0 Å². The van der Waals surface area contributed by atoms with Crippen molar-refractivity contribution < 1.29 is 9.90 Å². The zero-order valence-electron chi connectivity index (χ0n) is 11.7. The minimum Gasteiger partial charge on any atom is -0.480 e. The lowest BCUT2D eigenvalue weighted by Crippen LogP contribution is -2.55. The van der Waals surface area contributed by atoms with Crippen molar-refractivity contribution in [3.8, 4) is 0 Å². The Morgan fingerprint density at radius 1 is 1.22 bits per heavy atom. The Balaban J connectivity index is 3.45. The molecule has 0 radical (unpaired) electrons. The van der Waals surface area contributed by atoms with Crippen LogP contribution in [0.5, 0.6) is 0 Å². The van der Waals surface area contributed by atoms with Crippen molar-refractivity contribution >= 4 is 5.97 Å². The Bertz CT molecular complexity index is 385. The highest BCUT2D eigenvalue weighted by atomic mass is 16.4. The van der Waals surface area contributed by atoms with E-state index in [2.05, 4.69) is 0 Å². The molecule has 0 bridgehead atoms. The number of rotatable bonds is 6. The van der Waals surface area contributed by atoms with Crippen molar-refractivity contribution in [2.45, 2.75) is 33.2 Å². The molecule has 0 fully saturated rings. The number of carboxylic acids is 1. The predicted molar refractivity (Wildman–Crippen MR) is 73.5 cm³/mol. The summed E-state index contributed by atoms with van der Waals surface area (Å²) < 4.78 is 0. The third-order valence-corrected chi connectivity index (χ3v) is 3.64. The lowest BCUT2D eigenvalue weighted by Gasteiger charge is -2.43. The average molecular weight is 249 g/mol. The molecule has 0 saturated carbocycles. The fraction of sp³-hybridized carbons (Fsp3) is 0.533. The molecule has 0 aromatic heterocycles.